The molecule has 9 nitrogen and oxygen atoms in total. The molecule has 4 fully saturated rings. The van der Waals surface area contributed by atoms with Crippen molar-refractivity contribution in [2.45, 2.75) is 51.4 Å². The molecule has 4 aliphatic rings. The lowest BCUT2D eigenvalue weighted by Gasteiger charge is -2.24. The lowest BCUT2D eigenvalue weighted by atomic mass is 10.2. The van der Waals surface area contributed by atoms with Gasteiger partial charge in [-0.2, -0.15) is 19.9 Å². The molecule has 4 saturated heterocycles. The van der Waals surface area contributed by atoms with Crippen molar-refractivity contribution in [3.05, 3.63) is 6.20 Å². The second kappa shape index (κ2) is 8.67. The number of anilines is 4. The van der Waals surface area contributed by atoms with Crippen LogP contribution >= 0.6 is 0 Å². The summed E-state index contributed by atoms with van der Waals surface area (Å²) in [5.74, 6) is 4.18. The third-order valence-corrected chi connectivity index (χ3v) is 7.18. The largest absolute Gasteiger partial charge is 0.356 e. The number of nitrogens with zero attached hydrogens (tertiary/aromatic N) is 9. The molecule has 0 aromatic carbocycles. The molecule has 4 aliphatic heterocycles. The normalized spacial score (nSPS) is 21.4. The highest BCUT2D eigenvalue weighted by molar-refractivity contribution is 5.73. The molecule has 170 valence electrons. The van der Waals surface area contributed by atoms with E-state index in [4.69, 9.17) is 24.9 Å². The molecule has 0 aliphatic carbocycles. The highest BCUT2D eigenvalue weighted by Crippen LogP contribution is 2.33. The van der Waals surface area contributed by atoms with Crippen molar-refractivity contribution in [3.63, 3.8) is 0 Å². The third kappa shape index (κ3) is 3.82. The average Bonchev–Trinajstić information content (AvgIpc) is 3.67. The predicted molar refractivity (Wildman–Crippen MR) is 127 cm³/mol. The summed E-state index contributed by atoms with van der Waals surface area (Å²) in [7, 11) is 0. The Morgan fingerprint density at radius 1 is 0.469 bits per heavy atom. The summed E-state index contributed by atoms with van der Waals surface area (Å²) in [4.78, 5) is 34.0. The quantitative estimate of drug-likeness (QED) is 0.704. The zero-order valence-electron chi connectivity index (χ0n) is 18.9. The summed E-state index contributed by atoms with van der Waals surface area (Å²) in [5, 5.41) is 0. The molecule has 0 atom stereocenters. The lowest BCUT2D eigenvalue weighted by Crippen LogP contribution is -2.27. The van der Waals surface area contributed by atoms with E-state index >= 15 is 0 Å². The van der Waals surface area contributed by atoms with Crippen LogP contribution in [0.25, 0.3) is 11.4 Å². The molecular formula is C23H33N9. The number of hydrogen-bond donors (Lipinski definition) is 0. The van der Waals surface area contributed by atoms with Crippen LogP contribution < -0.4 is 19.6 Å². The van der Waals surface area contributed by atoms with Crippen LogP contribution in [0.5, 0.6) is 0 Å². The highest BCUT2D eigenvalue weighted by atomic mass is 15.4. The maximum atomic E-state index is 5.08. The molecule has 0 unspecified atom stereocenters. The molecule has 6 heterocycles. The fourth-order valence-electron chi connectivity index (χ4n) is 5.35. The van der Waals surface area contributed by atoms with Crippen LogP contribution in [0, 0.1) is 0 Å². The maximum absolute atomic E-state index is 5.08. The molecule has 2 aromatic heterocycles. The summed E-state index contributed by atoms with van der Waals surface area (Å²) in [6, 6.07) is 0. The highest BCUT2D eigenvalue weighted by Gasteiger charge is 2.27. The lowest BCUT2D eigenvalue weighted by molar-refractivity contribution is 0.836. The number of rotatable bonds is 5. The molecule has 0 spiro atoms. The van der Waals surface area contributed by atoms with E-state index in [2.05, 4.69) is 19.6 Å². The van der Waals surface area contributed by atoms with Crippen molar-refractivity contribution in [1.82, 2.24) is 24.9 Å². The van der Waals surface area contributed by atoms with E-state index in [1.807, 2.05) is 6.20 Å². The Labute approximate surface area is 189 Å². The van der Waals surface area contributed by atoms with Crippen LogP contribution in [0.15, 0.2) is 6.20 Å². The number of hydrogen-bond acceptors (Lipinski definition) is 9. The van der Waals surface area contributed by atoms with Gasteiger partial charge in [0.25, 0.3) is 0 Å². The van der Waals surface area contributed by atoms with Crippen molar-refractivity contribution in [1.29, 1.82) is 0 Å². The first kappa shape index (κ1) is 19.9. The van der Waals surface area contributed by atoms with Crippen LogP contribution in [-0.4, -0.2) is 77.3 Å². The first-order valence-electron chi connectivity index (χ1n) is 12.5. The molecule has 0 N–H and O–H groups in total. The van der Waals surface area contributed by atoms with Gasteiger partial charge in [0.15, 0.2) is 5.82 Å². The summed E-state index contributed by atoms with van der Waals surface area (Å²) in [6.07, 6.45) is 11.6. The molecule has 0 amide bonds. The van der Waals surface area contributed by atoms with E-state index in [0.29, 0.717) is 0 Å². The van der Waals surface area contributed by atoms with Gasteiger partial charge in [-0.25, -0.2) is 4.98 Å². The van der Waals surface area contributed by atoms with Gasteiger partial charge in [-0.1, -0.05) is 0 Å². The third-order valence-electron chi connectivity index (χ3n) is 7.18. The summed E-state index contributed by atoms with van der Waals surface area (Å²) < 4.78 is 0. The smallest absolute Gasteiger partial charge is 0.230 e. The summed E-state index contributed by atoms with van der Waals surface area (Å²) in [5.41, 5.74) is 0.943. The van der Waals surface area contributed by atoms with Gasteiger partial charge in [-0.15, -0.1) is 0 Å². The molecule has 9 heteroatoms. The van der Waals surface area contributed by atoms with E-state index < -0.39 is 0 Å². The average molecular weight is 436 g/mol. The minimum absolute atomic E-state index is 0.721. The van der Waals surface area contributed by atoms with Gasteiger partial charge < -0.3 is 19.6 Å². The van der Waals surface area contributed by atoms with E-state index in [9.17, 15) is 0 Å². The monoisotopic (exact) mass is 435 g/mol. The number of aromatic nitrogens is 5. The standard InChI is InChI=1S/C23H33N9/c1-2-10-29(9-1)20-18(17-24-21(27-20)30-11-3-4-12-30)19-25-22(31-13-5-6-14-31)28-23(26-19)32-15-7-8-16-32/h17H,1-16H2. The van der Waals surface area contributed by atoms with Gasteiger partial charge in [-0.05, 0) is 51.4 Å². The Bertz CT molecular complexity index is 906. The van der Waals surface area contributed by atoms with Crippen molar-refractivity contribution in [2.75, 3.05) is 72.0 Å². The van der Waals surface area contributed by atoms with Crippen molar-refractivity contribution in [2.24, 2.45) is 0 Å². The van der Waals surface area contributed by atoms with Crippen molar-refractivity contribution in [3.8, 4) is 11.4 Å². The molecule has 32 heavy (non-hydrogen) atoms. The van der Waals surface area contributed by atoms with E-state index in [-0.39, 0.29) is 0 Å². The van der Waals surface area contributed by atoms with Crippen LogP contribution in [0.1, 0.15) is 51.4 Å². The van der Waals surface area contributed by atoms with Gasteiger partial charge in [-0.3, -0.25) is 0 Å². The minimum Gasteiger partial charge on any atom is -0.356 e. The van der Waals surface area contributed by atoms with E-state index in [1.165, 1.54) is 51.4 Å². The topological polar surface area (TPSA) is 77.4 Å². The van der Waals surface area contributed by atoms with Crippen molar-refractivity contribution >= 4 is 23.7 Å². The molecule has 0 saturated carbocycles. The molecule has 0 radical (unpaired) electrons. The van der Waals surface area contributed by atoms with Gasteiger partial charge in [0.1, 0.15) is 5.82 Å². The molecule has 0 bridgehead atoms. The second-order valence-corrected chi connectivity index (χ2v) is 9.44. The second-order valence-electron chi connectivity index (χ2n) is 9.44. The van der Waals surface area contributed by atoms with Crippen LogP contribution in [-0.2, 0) is 0 Å². The Balaban J connectivity index is 1.44. The fourth-order valence-corrected chi connectivity index (χ4v) is 5.35. The van der Waals surface area contributed by atoms with Gasteiger partial charge >= 0.3 is 0 Å². The van der Waals surface area contributed by atoms with Crippen LogP contribution in [0.3, 0.4) is 0 Å². The van der Waals surface area contributed by atoms with Gasteiger partial charge in [0, 0.05) is 58.6 Å². The summed E-state index contributed by atoms with van der Waals surface area (Å²) >= 11 is 0. The van der Waals surface area contributed by atoms with Gasteiger partial charge in [0.05, 0.1) is 5.56 Å². The van der Waals surface area contributed by atoms with E-state index in [1.54, 1.807) is 0 Å². The van der Waals surface area contributed by atoms with E-state index in [0.717, 1.165) is 87.4 Å². The predicted octanol–water partition coefficient (Wildman–Crippen LogP) is 2.73. The Morgan fingerprint density at radius 2 is 0.906 bits per heavy atom. The minimum atomic E-state index is 0.721. The Hall–Kier alpha value is -2.71. The Kier molecular flexibility index (Phi) is 5.40. The van der Waals surface area contributed by atoms with Gasteiger partial charge in [0.2, 0.25) is 17.8 Å². The van der Waals surface area contributed by atoms with Crippen LogP contribution in [0.2, 0.25) is 0 Å². The molecular weight excluding hydrogens is 402 g/mol. The first-order valence-corrected chi connectivity index (χ1v) is 12.5. The van der Waals surface area contributed by atoms with Crippen molar-refractivity contribution < 1.29 is 0 Å². The Morgan fingerprint density at radius 3 is 1.41 bits per heavy atom. The molecule has 6 rings (SSSR count). The zero-order valence-corrected chi connectivity index (χ0v) is 18.9. The van der Waals surface area contributed by atoms with Crippen LogP contribution in [0.4, 0.5) is 23.7 Å². The fraction of sp³-hybridized carbons (Fsp3) is 0.696. The zero-order chi connectivity index (χ0) is 21.3. The SMILES string of the molecule is c1nc(N2CCCC2)nc(N2CCCC2)c1-c1nc(N2CCCC2)nc(N2CCCC2)n1. The summed E-state index contributed by atoms with van der Waals surface area (Å²) in [6.45, 7) is 8.24. The maximum Gasteiger partial charge on any atom is 0.230 e. The first-order chi connectivity index (χ1) is 15.8. The molecule has 2 aromatic rings.